The third-order valence-corrected chi connectivity index (χ3v) is 5.82. The molecule has 0 radical (unpaired) electrons. The minimum absolute atomic E-state index is 0.109. The quantitative estimate of drug-likeness (QED) is 0.629. The molecule has 6 nitrogen and oxygen atoms in total. The van der Waals surface area contributed by atoms with E-state index in [0.717, 1.165) is 37.8 Å². The van der Waals surface area contributed by atoms with Crippen LogP contribution in [0.3, 0.4) is 0 Å². The van der Waals surface area contributed by atoms with Gasteiger partial charge in [0, 0.05) is 51.2 Å². The Labute approximate surface area is 143 Å². The fraction of sp³-hybridized carbons (Fsp3) is 0.562. The summed E-state index contributed by atoms with van der Waals surface area (Å²) in [6.07, 6.45) is 0. The zero-order valence-electron chi connectivity index (χ0n) is 14.2. The lowest BCUT2D eigenvalue weighted by Crippen LogP contribution is -2.53. The first-order valence-corrected chi connectivity index (χ1v) is 9.94. The van der Waals surface area contributed by atoms with E-state index < -0.39 is 9.84 Å². The highest BCUT2D eigenvalue weighted by Crippen LogP contribution is 2.16. The van der Waals surface area contributed by atoms with Crippen LogP contribution in [-0.2, 0) is 9.84 Å². The summed E-state index contributed by atoms with van der Waals surface area (Å²) in [5.74, 6) is 0.755. The Morgan fingerprint density at radius 1 is 1.21 bits per heavy atom. The summed E-state index contributed by atoms with van der Waals surface area (Å²) in [5, 5.41) is 3.12. The second-order valence-electron chi connectivity index (χ2n) is 5.66. The van der Waals surface area contributed by atoms with Crippen LogP contribution in [0.2, 0.25) is 0 Å². The largest absolute Gasteiger partial charge is 0.368 e. The van der Waals surface area contributed by atoms with E-state index in [-0.39, 0.29) is 17.3 Å². The Morgan fingerprint density at radius 3 is 2.38 bits per heavy atom. The molecular weight excluding hydrogens is 331 g/mol. The Balaban J connectivity index is 1.84. The molecular formula is C16H25FN4O2S. The van der Waals surface area contributed by atoms with Gasteiger partial charge in [-0.3, -0.25) is 4.99 Å². The molecule has 1 N–H and O–H groups in total. The molecule has 1 heterocycles. The molecule has 0 bridgehead atoms. The lowest BCUT2D eigenvalue weighted by Gasteiger charge is -2.37. The van der Waals surface area contributed by atoms with Gasteiger partial charge >= 0.3 is 0 Å². The maximum absolute atomic E-state index is 13.0. The van der Waals surface area contributed by atoms with E-state index in [1.807, 2.05) is 0 Å². The Morgan fingerprint density at radius 2 is 1.83 bits per heavy atom. The van der Waals surface area contributed by atoms with Gasteiger partial charge in [0.05, 0.1) is 5.75 Å². The number of sulfone groups is 1. The maximum Gasteiger partial charge on any atom is 0.193 e. The first-order valence-electron chi connectivity index (χ1n) is 8.11. The van der Waals surface area contributed by atoms with Crippen molar-refractivity contribution in [1.82, 2.24) is 10.2 Å². The number of halogens is 1. The van der Waals surface area contributed by atoms with Gasteiger partial charge in [-0.05, 0) is 24.3 Å². The van der Waals surface area contributed by atoms with Crippen LogP contribution in [0.25, 0.3) is 0 Å². The van der Waals surface area contributed by atoms with E-state index in [9.17, 15) is 12.8 Å². The molecule has 0 unspecified atom stereocenters. The van der Waals surface area contributed by atoms with Crippen LogP contribution in [0.15, 0.2) is 29.3 Å². The normalized spacial score (nSPS) is 16.4. The van der Waals surface area contributed by atoms with Crippen LogP contribution in [0.4, 0.5) is 10.1 Å². The molecule has 0 atom stereocenters. The van der Waals surface area contributed by atoms with Crippen molar-refractivity contribution in [2.75, 3.05) is 56.2 Å². The van der Waals surface area contributed by atoms with Crippen molar-refractivity contribution in [1.29, 1.82) is 0 Å². The second-order valence-corrected chi connectivity index (χ2v) is 8.13. The number of rotatable bonds is 5. The molecule has 1 fully saturated rings. The van der Waals surface area contributed by atoms with Crippen LogP contribution in [-0.4, -0.2) is 70.6 Å². The molecule has 1 aliphatic rings. The molecule has 0 aromatic heterocycles. The van der Waals surface area contributed by atoms with Gasteiger partial charge in [-0.25, -0.2) is 12.8 Å². The minimum atomic E-state index is -2.98. The van der Waals surface area contributed by atoms with Gasteiger partial charge in [-0.1, -0.05) is 6.92 Å². The van der Waals surface area contributed by atoms with Gasteiger partial charge in [-0.2, -0.15) is 0 Å². The van der Waals surface area contributed by atoms with Crippen LogP contribution in [0.1, 0.15) is 6.92 Å². The first kappa shape index (κ1) is 18.5. The number of nitrogens with zero attached hydrogens (tertiary/aromatic N) is 3. The van der Waals surface area contributed by atoms with Crippen molar-refractivity contribution in [3.8, 4) is 0 Å². The van der Waals surface area contributed by atoms with Crippen molar-refractivity contribution >= 4 is 21.5 Å². The highest BCUT2D eigenvalue weighted by Gasteiger charge is 2.20. The van der Waals surface area contributed by atoms with Crippen molar-refractivity contribution in [2.24, 2.45) is 4.99 Å². The van der Waals surface area contributed by atoms with Crippen LogP contribution < -0.4 is 10.2 Å². The van der Waals surface area contributed by atoms with Gasteiger partial charge in [-0.15, -0.1) is 0 Å². The van der Waals surface area contributed by atoms with E-state index >= 15 is 0 Å². The van der Waals surface area contributed by atoms with Gasteiger partial charge in [0.1, 0.15) is 5.82 Å². The summed E-state index contributed by atoms with van der Waals surface area (Å²) in [5.41, 5.74) is 1.01. The summed E-state index contributed by atoms with van der Waals surface area (Å²) >= 11 is 0. The predicted molar refractivity (Wildman–Crippen MR) is 95.9 cm³/mol. The van der Waals surface area contributed by atoms with E-state index in [1.165, 1.54) is 12.1 Å². The summed E-state index contributed by atoms with van der Waals surface area (Å²) in [6.45, 7) is 5.17. The third-order valence-electron chi connectivity index (χ3n) is 4.12. The monoisotopic (exact) mass is 356 g/mol. The lowest BCUT2D eigenvalue weighted by atomic mass is 10.2. The minimum Gasteiger partial charge on any atom is -0.368 e. The van der Waals surface area contributed by atoms with Crippen LogP contribution >= 0.6 is 0 Å². The van der Waals surface area contributed by atoms with Crippen molar-refractivity contribution < 1.29 is 12.8 Å². The number of piperazine rings is 1. The average molecular weight is 356 g/mol. The number of guanidine groups is 1. The maximum atomic E-state index is 13.0. The fourth-order valence-corrected chi connectivity index (χ4v) is 3.33. The molecule has 0 spiro atoms. The van der Waals surface area contributed by atoms with Gasteiger partial charge < -0.3 is 15.1 Å². The molecule has 1 aliphatic heterocycles. The van der Waals surface area contributed by atoms with Crippen molar-refractivity contribution in [3.05, 3.63) is 30.1 Å². The van der Waals surface area contributed by atoms with E-state index in [2.05, 4.69) is 20.1 Å². The molecule has 0 aliphatic carbocycles. The smallest absolute Gasteiger partial charge is 0.193 e. The predicted octanol–water partition coefficient (Wildman–Crippen LogP) is 0.958. The van der Waals surface area contributed by atoms with Gasteiger partial charge in [0.15, 0.2) is 15.8 Å². The molecule has 8 heteroatoms. The Hall–Kier alpha value is -1.83. The van der Waals surface area contributed by atoms with Crippen molar-refractivity contribution in [2.45, 2.75) is 6.92 Å². The summed E-state index contributed by atoms with van der Waals surface area (Å²) in [7, 11) is -1.28. The number of benzene rings is 1. The zero-order valence-corrected chi connectivity index (χ0v) is 15.0. The van der Waals surface area contributed by atoms with Gasteiger partial charge in [0.25, 0.3) is 0 Å². The second kappa shape index (κ2) is 8.32. The zero-order chi connectivity index (χ0) is 17.6. The van der Waals surface area contributed by atoms with Gasteiger partial charge in [0.2, 0.25) is 0 Å². The highest BCUT2D eigenvalue weighted by atomic mass is 32.2. The number of nitrogens with one attached hydrogen (secondary N) is 1. The summed E-state index contributed by atoms with van der Waals surface area (Å²) < 4.78 is 36.1. The highest BCUT2D eigenvalue weighted by molar-refractivity contribution is 7.91. The summed E-state index contributed by atoms with van der Waals surface area (Å²) in [6, 6.07) is 6.51. The standard InChI is InChI=1S/C16H25FN4O2S/c1-3-24(22,23)13-8-19-16(18-2)21-11-9-20(10-12-21)15-6-4-14(17)5-7-15/h4-7H,3,8-13H2,1-2H3,(H,18,19). The number of hydrogen-bond donors (Lipinski definition) is 1. The molecule has 1 aromatic rings. The molecule has 2 rings (SSSR count). The Kier molecular flexibility index (Phi) is 6.42. The number of anilines is 1. The van der Waals surface area contributed by atoms with Crippen LogP contribution in [0.5, 0.6) is 0 Å². The topological polar surface area (TPSA) is 65.0 Å². The lowest BCUT2D eigenvalue weighted by molar-refractivity contribution is 0.373. The fourth-order valence-electron chi connectivity index (χ4n) is 2.62. The van der Waals surface area contributed by atoms with Crippen LogP contribution in [0, 0.1) is 5.82 Å². The SMILES string of the molecule is CCS(=O)(=O)CCNC(=NC)N1CCN(c2ccc(F)cc2)CC1. The number of aliphatic imine (C=N–C) groups is 1. The molecule has 0 saturated carbocycles. The molecule has 1 saturated heterocycles. The third kappa shape index (κ3) is 5.09. The summed E-state index contributed by atoms with van der Waals surface area (Å²) in [4.78, 5) is 8.54. The molecule has 24 heavy (non-hydrogen) atoms. The molecule has 134 valence electrons. The average Bonchev–Trinajstić information content (AvgIpc) is 2.60. The molecule has 0 amide bonds. The van der Waals surface area contributed by atoms with E-state index in [1.54, 1.807) is 26.1 Å². The van der Waals surface area contributed by atoms with E-state index in [4.69, 9.17) is 0 Å². The first-order chi connectivity index (χ1) is 11.4. The Bertz CT molecular complexity index is 653. The number of hydrogen-bond acceptors (Lipinski definition) is 4. The van der Waals surface area contributed by atoms with E-state index in [0.29, 0.717) is 6.54 Å². The molecule has 1 aromatic carbocycles. The van der Waals surface area contributed by atoms with Crippen molar-refractivity contribution in [3.63, 3.8) is 0 Å².